The molecule has 0 saturated heterocycles. The van der Waals surface area contributed by atoms with E-state index in [1.54, 1.807) is 6.07 Å². The van der Waals surface area contributed by atoms with E-state index in [2.05, 4.69) is 19.9 Å². The first-order valence-corrected chi connectivity index (χ1v) is 11.1. The largest absolute Gasteiger partial charge is 0.306 e. The van der Waals surface area contributed by atoms with Crippen LogP contribution in [0.4, 0.5) is 0 Å². The van der Waals surface area contributed by atoms with Crippen LogP contribution in [0, 0.1) is 0 Å². The van der Waals surface area contributed by atoms with Crippen molar-refractivity contribution < 1.29 is 0 Å². The molecule has 2 heterocycles. The normalized spacial score (nSPS) is 10.6. The average Bonchev–Trinajstić information content (AvgIpc) is 2.90. The van der Waals surface area contributed by atoms with Crippen molar-refractivity contribution in [3.8, 4) is 22.8 Å². The van der Waals surface area contributed by atoms with Crippen LogP contribution in [0.15, 0.2) is 114 Å². The lowest BCUT2D eigenvalue weighted by Gasteiger charge is -2.03. The highest BCUT2D eigenvalue weighted by Crippen LogP contribution is 2.24. The Morgan fingerprint density at radius 1 is 0.559 bits per heavy atom. The number of aromatic amines is 1. The number of aromatic nitrogens is 4. The van der Waals surface area contributed by atoms with E-state index in [9.17, 15) is 4.79 Å². The van der Waals surface area contributed by atoms with Gasteiger partial charge in [0.05, 0.1) is 16.4 Å². The van der Waals surface area contributed by atoms with Crippen LogP contribution in [-0.4, -0.2) is 19.9 Å². The van der Waals surface area contributed by atoms with E-state index in [0.717, 1.165) is 27.5 Å². The Labute approximate surface area is 200 Å². The minimum absolute atomic E-state index is 0.102. The fourth-order valence-corrected chi connectivity index (χ4v) is 3.81. The Morgan fingerprint density at radius 2 is 1.09 bits per heavy atom. The average molecular weight is 463 g/mol. The predicted octanol–water partition coefficient (Wildman–Crippen LogP) is 6.54. The van der Waals surface area contributed by atoms with Gasteiger partial charge in [0.1, 0.15) is 11.0 Å². The Morgan fingerprint density at radius 3 is 1.76 bits per heavy atom. The van der Waals surface area contributed by atoms with E-state index in [-0.39, 0.29) is 5.56 Å². The van der Waals surface area contributed by atoms with E-state index >= 15 is 0 Å². The van der Waals surface area contributed by atoms with E-state index in [0.29, 0.717) is 22.2 Å². The summed E-state index contributed by atoms with van der Waals surface area (Å²) < 4.78 is 0. The molecular weight excluding hydrogens is 444 g/mol. The molecule has 0 aliphatic rings. The van der Waals surface area contributed by atoms with E-state index in [1.807, 2.05) is 103 Å². The molecule has 0 aliphatic heterocycles. The molecule has 0 fully saturated rings. The lowest BCUT2D eigenvalue weighted by Crippen LogP contribution is -2.09. The number of rotatable bonds is 2. The lowest BCUT2D eigenvalue weighted by molar-refractivity contribution is 1.18. The minimum Gasteiger partial charge on any atom is -0.306 e. The second kappa shape index (κ2) is 9.65. The van der Waals surface area contributed by atoms with E-state index in [4.69, 9.17) is 11.6 Å². The first-order valence-electron chi connectivity index (χ1n) is 10.7. The van der Waals surface area contributed by atoms with Crippen molar-refractivity contribution >= 4 is 33.4 Å². The summed E-state index contributed by atoms with van der Waals surface area (Å²) in [5.74, 6) is 1.27. The second-order valence-corrected chi connectivity index (χ2v) is 7.88. The van der Waals surface area contributed by atoms with E-state index in [1.165, 1.54) is 0 Å². The molecule has 0 radical (unpaired) electrons. The van der Waals surface area contributed by atoms with Gasteiger partial charge in [-0.15, -0.1) is 0 Å². The molecule has 0 saturated carbocycles. The van der Waals surface area contributed by atoms with Gasteiger partial charge in [-0.25, -0.2) is 15.0 Å². The molecular formula is C28H19ClN4O. The lowest BCUT2D eigenvalue weighted by atomic mass is 10.2. The van der Waals surface area contributed by atoms with Crippen molar-refractivity contribution in [2.24, 2.45) is 0 Å². The Hall–Kier alpha value is -4.35. The number of fused-ring (bicyclic) bond motifs is 2. The zero-order chi connectivity index (χ0) is 23.3. The smallest absolute Gasteiger partial charge is 0.259 e. The molecule has 0 unspecified atom stereocenters. The molecule has 0 amide bonds. The molecule has 0 atom stereocenters. The summed E-state index contributed by atoms with van der Waals surface area (Å²) in [4.78, 5) is 28.0. The highest BCUT2D eigenvalue weighted by atomic mass is 35.5. The summed E-state index contributed by atoms with van der Waals surface area (Å²) in [6.07, 6.45) is 0. The Balaban J connectivity index is 0.000000142. The summed E-state index contributed by atoms with van der Waals surface area (Å²) in [6, 6.07) is 34.5. The third-order valence-corrected chi connectivity index (χ3v) is 5.54. The molecule has 4 aromatic carbocycles. The number of H-pyrrole nitrogens is 1. The molecule has 2 aromatic heterocycles. The second-order valence-electron chi connectivity index (χ2n) is 7.52. The van der Waals surface area contributed by atoms with Crippen molar-refractivity contribution in [1.82, 2.24) is 19.9 Å². The number of hydrogen-bond donors (Lipinski definition) is 1. The fourth-order valence-electron chi connectivity index (χ4n) is 3.57. The SMILES string of the molecule is Clc1nc(-c2ccccc2)nc2ccccc12.O=c1[nH]c(-c2ccccc2)nc2ccccc12. The molecule has 6 heteroatoms. The van der Waals surface area contributed by atoms with Crippen LogP contribution < -0.4 is 5.56 Å². The molecule has 5 nitrogen and oxygen atoms in total. The van der Waals surface area contributed by atoms with Gasteiger partial charge in [-0.3, -0.25) is 4.79 Å². The van der Waals surface area contributed by atoms with Gasteiger partial charge in [-0.05, 0) is 24.3 Å². The van der Waals surface area contributed by atoms with Gasteiger partial charge in [0.15, 0.2) is 5.82 Å². The molecule has 6 aromatic rings. The van der Waals surface area contributed by atoms with Gasteiger partial charge in [-0.2, -0.15) is 0 Å². The van der Waals surface area contributed by atoms with Crippen molar-refractivity contribution in [3.63, 3.8) is 0 Å². The maximum atomic E-state index is 11.9. The predicted molar refractivity (Wildman–Crippen MR) is 138 cm³/mol. The number of hydrogen-bond acceptors (Lipinski definition) is 4. The van der Waals surface area contributed by atoms with Gasteiger partial charge in [-0.1, -0.05) is 96.5 Å². The van der Waals surface area contributed by atoms with Gasteiger partial charge in [0.25, 0.3) is 5.56 Å². The number of nitrogens with one attached hydrogen (secondary N) is 1. The van der Waals surface area contributed by atoms with Crippen LogP contribution in [0.2, 0.25) is 5.15 Å². The van der Waals surface area contributed by atoms with Gasteiger partial charge >= 0.3 is 0 Å². The monoisotopic (exact) mass is 462 g/mol. The van der Waals surface area contributed by atoms with Crippen molar-refractivity contribution in [2.75, 3.05) is 0 Å². The zero-order valence-electron chi connectivity index (χ0n) is 18.0. The zero-order valence-corrected chi connectivity index (χ0v) is 18.8. The van der Waals surface area contributed by atoms with Crippen LogP contribution in [0.1, 0.15) is 0 Å². The van der Waals surface area contributed by atoms with Gasteiger partial charge in [0, 0.05) is 16.5 Å². The first-order chi connectivity index (χ1) is 16.7. The van der Waals surface area contributed by atoms with Crippen molar-refractivity contribution in [3.05, 3.63) is 125 Å². The highest BCUT2D eigenvalue weighted by Gasteiger charge is 2.07. The maximum absolute atomic E-state index is 11.9. The topological polar surface area (TPSA) is 71.5 Å². The Kier molecular flexibility index (Phi) is 6.10. The molecule has 6 rings (SSSR count). The third-order valence-electron chi connectivity index (χ3n) is 5.25. The summed E-state index contributed by atoms with van der Waals surface area (Å²) in [6.45, 7) is 0. The molecule has 34 heavy (non-hydrogen) atoms. The third kappa shape index (κ3) is 4.56. The summed E-state index contributed by atoms with van der Waals surface area (Å²) in [5, 5.41) is 2.00. The molecule has 0 aliphatic carbocycles. The van der Waals surface area contributed by atoms with E-state index < -0.39 is 0 Å². The quantitative estimate of drug-likeness (QED) is 0.296. The van der Waals surface area contributed by atoms with Crippen LogP contribution in [0.5, 0.6) is 0 Å². The van der Waals surface area contributed by atoms with Crippen LogP contribution in [-0.2, 0) is 0 Å². The summed E-state index contributed by atoms with van der Waals surface area (Å²) in [5.41, 5.74) is 3.37. The first kappa shape index (κ1) is 21.5. The van der Waals surface area contributed by atoms with Crippen molar-refractivity contribution in [1.29, 1.82) is 0 Å². The summed E-state index contributed by atoms with van der Waals surface area (Å²) in [7, 11) is 0. The fraction of sp³-hybridized carbons (Fsp3) is 0. The molecule has 0 bridgehead atoms. The standard InChI is InChI=1S/C14H9ClN2.C14H10N2O/c15-13-11-8-4-5-9-12(11)16-14(17-13)10-6-2-1-3-7-10;17-14-11-8-4-5-9-12(11)15-13(16-14)10-6-2-1-3-7-10/h1-9H;1-9H,(H,15,16,17). The number of para-hydroxylation sites is 2. The van der Waals surface area contributed by atoms with Crippen LogP contribution >= 0.6 is 11.6 Å². The van der Waals surface area contributed by atoms with Crippen molar-refractivity contribution in [2.45, 2.75) is 0 Å². The maximum Gasteiger partial charge on any atom is 0.259 e. The minimum atomic E-state index is -0.102. The van der Waals surface area contributed by atoms with Crippen LogP contribution in [0.25, 0.3) is 44.6 Å². The summed E-state index contributed by atoms with van der Waals surface area (Å²) >= 11 is 6.16. The Bertz CT molecular complexity index is 1630. The van der Waals surface area contributed by atoms with Crippen LogP contribution in [0.3, 0.4) is 0 Å². The highest BCUT2D eigenvalue weighted by molar-refractivity contribution is 6.34. The molecule has 164 valence electrons. The number of halogens is 1. The molecule has 0 spiro atoms. The number of benzene rings is 4. The van der Waals surface area contributed by atoms with Gasteiger partial charge in [0.2, 0.25) is 0 Å². The number of nitrogens with zero attached hydrogens (tertiary/aromatic N) is 3. The molecule has 1 N–H and O–H groups in total. The van der Waals surface area contributed by atoms with Gasteiger partial charge < -0.3 is 4.98 Å².